The van der Waals surface area contributed by atoms with Gasteiger partial charge in [-0.2, -0.15) is 0 Å². The van der Waals surface area contributed by atoms with Crippen molar-refractivity contribution in [1.82, 2.24) is 0 Å². The second-order valence-electron chi connectivity index (χ2n) is 4.51. The highest BCUT2D eigenvalue weighted by Gasteiger charge is 2.66. The molecule has 1 aromatic rings. The summed E-state index contributed by atoms with van der Waals surface area (Å²) >= 11 is 0. The number of benzene rings is 1. The van der Waals surface area contributed by atoms with Gasteiger partial charge in [-0.15, -0.1) is 0 Å². The van der Waals surface area contributed by atoms with E-state index in [0.29, 0.717) is 0 Å². The summed E-state index contributed by atoms with van der Waals surface area (Å²) in [7, 11) is 0. The molecule has 0 bridgehead atoms. The fourth-order valence-electron chi connectivity index (χ4n) is 2.20. The minimum absolute atomic E-state index is 0.180. The number of hydrogen-bond donors (Lipinski definition) is 1. The lowest BCUT2D eigenvalue weighted by Crippen LogP contribution is -2.21. The highest BCUT2D eigenvalue weighted by Crippen LogP contribution is 2.64. The minimum Gasteiger partial charge on any atom is -0.481 e. The van der Waals surface area contributed by atoms with E-state index in [0.717, 1.165) is 12.0 Å². The number of carboxylic acid groups (broad SMARTS) is 1. The Kier molecular flexibility index (Phi) is 1.71. The number of carboxylic acids is 1. The Hall–Kier alpha value is -1.31. The van der Waals surface area contributed by atoms with Crippen LogP contribution in [0.5, 0.6) is 0 Å². The molecule has 14 heavy (non-hydrogen) atoms. The molecule has 2 rings (SSSR count). The van der Waals surface area contributed by atoms with Gasteiger partial charge >= 0.3 is 5.97 Å². The summed E-state index contributed by atoms with van der Waals surface area (Å²) in [4.78, 5) is 11.1. The molecule has 1 aliphatic rings. The van der Waals surface area contributed by atoms with Gasteiger partial charge < -0.3 is 5.11 Å². The lowest BCUT2D eigenvalue weighted by molar-refractivity contribution is -0.143. The normalized spacial score (nSPS) is 35.3. The average Bonchev–Trinajstić information content (AvgIpc) is 2.74. The van der Waals surface area contributed by atoms with Crippen molar-refractivity contribution in [3.63, 3.8) is 0 Å². The third-order valence-corrected chi connectivity index (χ3v) is 3.68. The smallest absolute Gasteiger partial charge is 0.310 e. The molecule has 1 aromatic carbocycles. The Morgan fingerprint density at radius 2 is 1.86 bits per heavy atom. The third-order valence-electron chi connectivity index (χ3n) is 3.68. The fourth-order valence-corrected chi connectivity index (χ4v) is 2.20. The first-order chi connectivity index (χ1) is 6.51. The van der Waals surface area contributed by atoms with E-state index in [4.69, 9.17) is 5.11 Å². The SMILES string of the molecule is CC1(C(=O)O)CC1(C)c1ccccc1. The molecule has 2 atom stereocenters. The third kappa shape index (κ3) is 0.999. The van der Waals surface area contributed by atoms with E-state index in [1.54, 1.807) is 0 Å². The number of hydrogen-bond acceptors (Lipinski definition) is 1. The number of rotatable bonds is 2. The van der Waals surface area contributed by atoms with Crippen LogP contribution in [0.1, 0.15) is 25.8 Å². The standard InChI is InChI=1S/C12H14O2/c1-11(8-12(11,2)10(13)14)9-6-4-3-5-7-9/h3-7H,8H2,1-2H3,(H,13,14). The maximum atomic E-state index is 11.1. The molecule has 1 fully saturated rings. The van der Waals surface area contributed by atoms with Crippen LogP contribution in [0.25, 0.3) is 0 Å². The molecule has 74 valence electrons. The van der Waals surface area contributed by atoms with Crippen molar-refractivity contribution >= 4 is 5.97 Å². The average molecular weight is 190 g/mol. The van der Waals surface area contributed by atoms with Crippen molar-refractivity contribution in [1.29, 1.82) is 0 Å². The van der Waals surface area contributed by atoms with Crippen LogP contribution in [0.4, 0.5) is 0 Å². The van der Waals surface area contributed by atoms with Crippen molar-refractivity contribution in [2.24, 2.45) is 5.41 Å². The molecule has 2 nitrogen and oxygen atoms in total. The topological polar surface area (TPSA) is 37.3 Å². The zero-order valence-electron chi connectivity index (χ0n) is 8.45. The van der Waals surface area contributed by atoms with Gasteiger partial charge in [0.1, 0.15) is 0 Å². The summed E-state index contributed by atoms with van der Waals surface area (Å²) in [6, 6.07) is 9.89. The maximum Gasteiger partial charge on any atom is 0.310 e. The van der Waals surface area contributed by atoms with Crippen LogP contribution in [0.2, 0.25) is 0 Å². The van der Waals surface area contributed by atoms with E-state index in [1.165, 1.54) is 0 Å². The van der Waals surface area contributed by atoms with Crippen molar-refractivity contribution in [2.45, 2.75) is 25.7 Å². The van der Waals surface area contributed by atoms with E-state index >= 15 is 0 Å². The molecule has 0 aliphatic heterocycles. The summed E-state index contributed by atoms with van der Waals surface area (Å²) in [5.74, 6) is -0.691. The van der Waals surface area contributed by atoms with Gasteiger partial charge in [0, 0.05) is 5.41 Å². The highest BCUT2D eigenvalue weighted by molar-refractivity contribution is 5.81. The quantitative estimate of drug-likeness (QED) is 0.777. The summed E-state index contributed by atoms with van der Waals surface area (Å²) in [6.07, 6.45) is 0.735. The summed E-state index contributed by atoms with van der Waals surface area (Å²) in [5.41, 5.74) is 0.374. The van der Waals surface area contributed by atoms with Gasteiger partial charge in [0.05, 0.1) is 5.41 Å². The molecule has 0 saturated heterocycles. The first kappa shape index (κ1) is 9.25. The van der Waals surface area contributed by atoms with E-state index in [1.807, 2.05) is 44.2 Å². The lowest BCUT2D eigenvalue weighted by Gasteiger charge is -2.15. The van der Waals surface area contributed by atoms with Gasteiger partial charge in [-0.3, -0.25) is 4.79 Å². The number of aliphatic carboxylic acids is 1. The van der Waals surface area contributed by atoms with Crippen LogP contribution < -0.4 is 0 Å². The van der Waals surface area contributed by atoms with Gasteiger partial charge in [-0.1, -0.05) is 37.3 Å². The minimum atomic E-state index is -0.691. The van der Waals surface area contributed by atoms with Gasteiger partial charge in [0.25, 0.3) is 0 Å². The first-order valence-electron chi connectivity index (χ1n) is 4.80. The Morgan fingerprint density at radius 1 is 1.29 bits per heavy atom. The van der Waals surface area contributed by atoms with Crippen molar-refractivity contribution in [3.8, 4) is 0 Å². The lowest BCUT2D eigenvalue weighted by atomic mass is 9.89. The van der Waals surface area contributed by atoms with Gasteiger partial charge in [0.2, 0.25) is 0 Å². The molecule has 1 aliphatic carbocycles. The van der Waals surface area contributed by atoms with Gasteiger partial charge in [-0.05, 0) is 18.9 Å². The zero-order chi connectivity index (χ0) is 10.4. The van der Waals surface area contributed by atoms with Crippen LogP contribution in [0.15, 0.2) is 30.3 Å². The van der Waals surface area contributed by atoms with Crippen LogP contribution in [0, 0.1) is 5.41 Å². The predicted molar refractivity (Wildman–Crippen MR) is 54.2 cm³/mol. The van der Waals surface area contributed by atoms with Crippen LogP contribution in [-0.4, -0.2) is 11.1 Å². The predicted octanol–water partition coefficient (Wildman–Crippen LogP) is 2.44. The van der Waals surface area contributed by atoms with Gasteiger partial charge in [0.15, 0.2) is 0 Å². The fraction of sp³-hybridized carbons (Fsp3) is 0.417. The zero-order valence-corrected chi connectivity index (χ0v) is 8.45. The van der Waals surface area contributed by atoms with E-state index in [-0.39, 0.29) is 5.41 Å². The Labute approximate surface area is 83.6 Å². The van der Waals surface area contributed by atoms with Crippen molar-refractivity contribution < 1.29 is 9.90 Å². The first-order valence-corrected chi connectivity index (χ1v) is 4.80. The van der Waals surface area contributed by atoms with Crippen LogP contribution in [-0.2, 0) is 10.2 Å². The molecule has 2 unspecified atom stereocenters. The molecule has 0 radical (unpaired) electrons. The summed E-state index contributed by atoms with van der Waals surface area (Å²) in [5, 5.41) is 9.11. The molecule has 0 amide bonds. The molecular formula is C12H14O2. The Bertz CT molecular complexity index is 371. The number of carbonyl (C=O) groups is 1. The second kappa shape index (κ2) is 2.59. The van der Waals surface area contributed by atoms with E-state index in [9.17, 15) is 4.79 Å². The summed E-state index contributed by atoms with van der Waals surface area (Å²) < 4.78 is 0. The largest absolute Gasteiger partial charge is 0.481 e. The van der Waals surface area contributed by atoms with Crippen LogP contribution in [0.3, 0.4) is 0 Å². The maximum absolute atomic E-state index is 11.1. The van der Waals surface area contributed by atoms with Crippen molar-refractivity contribution in [3.05, 3.63) is 35.9 Å². The van der Waals surface area contributed by atoms with Gasteiger partial charge in [-0.25, -0.2) is 0 Å². The van der Waals surface area contributed by atoms with Crippen LogP contribution >= 0.6 is 0 Å². The molecule has 0 aromatic heterocycles. The molecule has 0 heterocycles. The Morgan fingerprint density at radius 3 is 2.29 bits per heavy atom. The Balaban J connectivity index is 2.36. The van der Waals surface area contributed by atoms with Crippen molar-refractivity contribution in [2.75, 3.05) is 0 Å². The molecule has 1 N–H and O–H groups in total. The molecular weight excluding hydrogens is 176 g/mol. The molecule has 1 saturated carbocycles. The second-order valence-corrected chi connectivity index (χ2v) is 4.51. The van der Waals surface area contributed by atoms with E-state index < -0.39 is 11.4 Å². The molecule has 2 heteroatoms. The monoisotopic (exact) mass is 190 g/mol. The highest BCUT2D eigenvalue weighted by atomic mass is 16.4. The van der Waals surface area contributed by atoms with E-state index in [2.05, 4.69) is 0 Å². The summed E-state index contributed by atoms with van der Waals surface area (Å²) in [6.45, 7) is 3.85. The molecule has 0 spiro atoms.